The molecule has 0 fully saturated rings. The van der Waals surface area contributed by atoms with Crippen LogP contribution >= 0.6 is 27.5 Å². The van der Waals surface area contributed by atoms with Gasteiger partial charge in [0.1, 0.15) is 10.4 Å². The Morgan fingerprint density at radius 1 is 1.41 bits per heavy atom. The molecule has 0 amide bonds. The topological polar surface area (TPSA) is 26.3 Å². The van der Waals surface area contributed by atoms with Gasteiger partial charge in [-0.15, -0.1) is 0 Å². The number of carbonyl (C=O) groups is 1. The van der Waals surface area contributed by atoms with Crippen molar-refractivity contribution in [3.63, 3.8) is 0 Å². The van der Waals surface area contributed by atoms with E-state index in [2.05, 4.69) is 15.9 Å². The van der Waals surface area contributed by atoms with Crippen molar-refractivity contribution in [3.8, 4) is 0 Å². The van der Waals surface area contributed by atoms with Crippen LogP contribution in [0, 0.1) is 0 Å². The molecule has 94 valence electrons. The highest BCUT2D eigenvalue weighted by Gasteiger charge is 2.25. The quantitative estimate of drug-likeness (QED) is 0.619. The SMILES string of the molecule is CC(Br)C(=O)OC(C)(C)Cc1ccc(Cl)cc1. The lowest BCUT2D eigenvalue weighted by molar-refractivity contribution is -0.155. The Hall–Kier alpha value is -0.540. The minimum Gasteiger partial charge on any atom is -0.458 e. The summed E-state index contributed by atoms with van der Waals surface area (Å²) in [6.07, 6.45) is 0.662. The van der Waals surface area contributed by atoms with E-state index in [1.54, 1.807) is 6.92 Å². The molecule has 1 aromatic rings. The number of esters is 1. The average molecular weight is 320 g/mol. The second-order valence-electron chi connectivity index (χ2n) is 4.60. The number of halogens is 2. The molecule has 4 heteroatoms. The summed E-state index contributed by atoms with van der Waals surface area (Å²) in [5.41, 5.74) is 0.571. The van der Waals surface area contributed by atoms with Crippen LogP contribution in [0.25, 0.3) is 0 Å². The van der Waals surface area contributed by atoms with Crippen LogP contribution < -0.4 is 0 Å². The maximum Gasteiger partial charge on any atom is 0.319 e. The molecule has 0 radical (unpaired) electrons. The van der Waals surface area contributed by atoms with E-state index < -0.39 is 5.60 Å². The molecule has 0 aliphatic rings. The number of benzene rings is 1. The van der Waals surface area contributed by atoms with E-state index in [0.29, 0.717) is 11.4 Å². The zero-order valence-electron chi connectivity index (χ0n) is 10.2. The van der Waals surface area contributed by atoms with Gasteiger partial charge in [0.15, 0.2) is 0 Å². The summed E-state index contributed by atoms with van der Waals surface area (Å²) in [6, 6.07) is 7.55. The maximum atomic E-state index is 11.5. The minimum absolute atomic E-state index is 0.246. The van der Waals surface area contributed by atoms with Gasteiger partial charge in [-0.1, -0.05) is 39.7 Å². The molecular formula is C13H16BrClO2. The zero-order valence-corrected chi connectivity index (χ0v) is 12.5. The molecule has 2 nitrogen and oxygen atoms in total. The van der Waals surface area contributed by atoms with E-state index in [1.165, 1.54) is 0 Å². The monoisotopic (exact) mass is 318 g/mol. The molecule has 0 aromatic heterocycles. The summed E-state index contributed by atoms with van der Waals surface area (Å²) in [5.74, 6) is -0.246. The van der Waals surface area contributed by atoms with Crippen molar-refractivity contribution >= 4 is 33.5 Å². The Morgan fingerprint density at radius 3 is 2.41 bits per heavy atom. The second kappa shape index (κ2) is 5.87. The van der Waals surface area contributed by atoms with Crippen LogP contribution in [0.4, 0.5) is 0 Å². The molecule has 17 heavy (non-hydrogen) atoms. The van der Waals surface area contributed by atoms with Crippen LogP contribution in [0.3, 0.4) is 0 Å². The minimum atomic E-state index is -0.521. The van der Waals surface area contributed by atoms with Crippen molar-refractivity contribution in [2.75, 3.05) is 0 Å². The lowest BCUT2D eigenvalue weighted by atomic mass is 9.98. The Morgan fingerprint density at radius 2 is 1.94 bits per heavy atom. The van der Waals surface area contributed by atoms with E-state index in [4.69, 9.17) is 16.3 Å². The fourth-order valence-corrected chi connectivity index (χ4v) is 1.70. The lowest BCUT2D eigenvalue weighted by Crippen LogP contribution is -2.33. The standard InChI is InChI=1S/C13H16BrClO2/c1-9(14)12(16)17-13(2,3)8-10-4-6-11(15)7-5-10/h4-7,9H,8H2,1-3H3. The molecule has 0 saturated carbocycles. The van der Waals surface area contributed by atoms with Crippen molar-refractivity contribution in [3.05, 3.63) is 34.9 Å². The highest BCUT2D eigenvalue weighted by molar-refractivity contribution is 9.10. The highest BCUT2D eigenvalue weighted by atomic mass is 79.9. The van der Waals surface area contributed by atoms with E-state index >= 15 is 0 Å². The number of rotatable bonds is 4. The van der Waals surface area contributed by atoms with Crippen LogP contribution in [0.1, 0.15) is 26.3 Å². The van der Waals surface area contributed by atoms with Gasteiger partial charge in [0, 0.05) is 11.4 Å². The predicted octanol–water partition coefficient (Wildman–Crippen LogP) is 3.99. The third-order valence-corrected chi connectivity index (χ3v) is 2.87. The third kappa shape index (κ3) is 5.09. The average Bonchev–Trinajstić information content (AvgIpc) is 2.20. The first-order valence-electron chi connectivity index (χ1n) is 5.41. The van der Waals surface area contributed by atoms with E-state index in [0.717, 1.165) is 5.56 Å². The van der Waals surface area contributed by atoms with Gasteiger partial charge >= 0.3 is 5.97 Å². The smallest absolute Gasteiger partial charge is 0.319 e. The summed E-state index contributed by atoms with van der Waals surface area (Å²) in [6.45, 7) is 5.55. The molecular weight excluding hydrogens is 303 g/mol. The molecule has 0 heterocycles. The van der Waals surface area contributed by atoms with Gasteiger partial charge in [-0.05, 0) is 38.5 Å². The number of ether oxygens (including phenoxy) is 1. The van der Waals surface area contributed by atoms with Crippen molar-refractivity contribution in [1.82, 2.24) is 0 Å². The van der Waals surface area contributed by atoms with Gasteiger partial charge in [-0.3, -0.25) is 4.79 Å². The predicted molar refractivity (Wildman–Crippen MR) is 73.7 cm³/mol. The van der Waals surface area contributed by atoms with Gasteiger partial charge in [0.05, 0.1) is 0 Å². The third-order valence-electron chi connectivity index (χ3n) is 2.24. The number of carbonyl (C=O) groups excluding carboxylic acids is 1. The molecule has 0 aliphatic carbocycles. The van der Waals surface area contributed by atoms with Gasteiger partial charge in [0.25, 0.3) is 0 Å². The fourth-order valence-electron chi connectivity index (χ4n) is 1.48. The van der Waals surface area contributed by atoms with E-state index in [9.17, 15) is 4.79 Å². The van der Waals surface area contributed by atoms with Crippen LogP contribution in [-0.2, 0) is 16.0 Å². The van der Waals surface area contributed by atoms with Gasteiger partial charge in [0.2, 0.25) is 0 Å². The molecule has 0 N–H and O–H groups in total. The van der Waals surface area contributed by atoms with Crippen molar-refractivity contribution in [1.29, 1.82) is 0 Å². The molecule has 1 rings (SSSR count). The Kier molecular flexibility index (Phi) is 5.02. The Labute approximate surface area is 115 Å². The maximum absolute atomic E-state index is 11.5. The van der Waals surface area contributed by atoms with Gasteiger partial charge in [-0.25, -0.2) is 0 Å². The van der Waals surface area contributed by atoms with E-state index in [-0.39, 0.29) is 10.8 Å². The van der Waals surface area contributed by atoms with Crippen LogP contribution in [0.15, 0.2) is 24.3 Å². The normalized spacial score (nSPS) is 13.2. The Bertz CT molecular complexity index is 385. The molecule has 0 bridgehead atoms. The summed E-state index contributed by atoms with van der Waals surface area (Å²) in [5, 5.41) is 0.706. The number of alkyl halides is 1. The van der Waals surface area contributed by atoms with Gasteiger partial charge in [-0.2, -0.15) is 0 Å². The second-order valence-corrected chi connectivity index (χ2v) is 6.41. The summed E-state index contributed by atoms with van der Waals surface area (Å²) >= 11 is 9.01. The molecule has 0 spiro atoms. The first kappa shape index (κ1) is 14.5. The van der Waals surface area contributed by atoms with Gasteiger partial charge < -0.3 is 4.74 Å². The molecule has 1 unspecified atom stereocenters. The van der Waals surface area contributed by atoms with Crippen molar-refractivity contribution in [2.45, 2.75) is 37.6 Å². The van der Waals surface area contributed by atoms with Crippen LogP contribution in [0.2, 0.25) is 5.02 Å². The first-order chi connectivity index (χ1) is 7.80. The van der Waals surface area contributed by atoms with Crippen LogP contribution in [0.5, 0.6) is 0 Å². The summed E-state index contributed by atoms with van der Waals surface area (Å²) < 4.78 is 5.41. The largest absolute Gasteiger partial charge is 0.458 e. The summed E-state index contributed by atoms with van der Waals surface area (Å²) in [7, 11) is 0. The highest BCUT2D eigenvalue weighted by Crippen LogP contribution is 2.20. The van der Waals surface area contributed by atoms with Crippen molar-refractivity contribution < 1.29 is 9.53 Å². The van der Waals surface area contributed by atoms with Crippen molar-refractivity contribution in [2.24, 2.45) is 0 Å². The fraction of sp³-hybridized carbons (Fsp3) is 0.462. The molecule has 1 aromatic carbocycles. The number of hydrogen-bond acceptors (Lipinski definition) is 2. The number of hydrogen-bond donors (Lipinski definition) is 0. The summed E-state index contributed by atoms with van der Waals surface area (Å²) in [4.78, 5) is 11.2. The lowest BCUT2D eigenvalue weighted by Gasteiger charge is -2.26. The Balaban J connectivity index is 2.66. The van der Waals surface area contributed by atoms with Crippen LogP contribution in [-0.4, -0.2) is 16.4 Å². The molecule has 1 atom stereocenters. The molecule has 0 aliphatic heterocycles. The van der Waals surface area contributed by atoms with E-state index in [1.807, 2.05) is 38.1 Å². The first-order valence-corrected chi connectivity index (χ1v) is 6.71. The molecule has 0 saturated heterocycles. The zero-order chi connectivity index (χ0) is 13.1.